The van der Waals surface area contributed by atoms with Gasteiger partial charge < -0.3 is 15.2 Å². The van der Waals surface area contributed by atoms with Gasteiger partial charge in [-0.05, 0) is 42.9 Å². The average Bonchev–Trinajstić information content (AvgIpc) is 3.35. The second kappa shape index (κ2) is 6.61. The second-order valence-electron chi connectivity index (χ2n) is 6.42. The van der Waals surface area contributed by atoms with Gasteiger partial charge in [0.1, 0.15) is 0 Å². The van der Waals surface area contributed by atoms with Crippen molar-refractivity contribution >= 4 is 27.8 Å². The van der Waals surface area contributed by atoms with E-state index in [4.69, 9.17) is 4.74 Å². The minimum absolute atomic E-state index is 0.0370. The van der Waals surface area contributed by atoms with Crippen molar-refractivity contribution in [3.63, 3.8) is 0 Å². The number of nitrogens with one attached hydrogen (secondary N) is 1. The molecule has 0 bridgehead atoms. The molecule has 0 aromatic heterocycles. The van der Waals surface area contributed by atoms with E-state index in [-0.39, 0.29) is 24.3 Å². The smallest absolute Gasteiger partial charge is 0.311 e. The molecule has 2 fully saturated rings. The van der Waals surface area contributed by atoms with Crippen molar-refractivity contribution in [1.82, 2.24) is 5.32 Å². The largest absolute Gasteiger partial charge is 0.481 e. The molecule has 5 nitrogen and oxygen atoms in total. The van der Waals surface area contributed by atoms with E-state index >= 15 is 0 Å². The van der Waals surface area contributed by atoms with E-state index in [1.165, 1.54) is 0 Å². The van der Waals surface area contributed by atoms with Crippen LogP contribution in [0.5, 0.6) is 0 Å². The number of ether oxygens (including phenoxy) is 1. The molecule has 1 aliphatic heterocycles. The fourth-order valence-electron chi connectivity index (χ4n) is 3.18. The van der Waals surface area contributed by atoms with E-state index in [9.17, 15) is 14.7 Å². The van der Waals surface area contributed by atoms with Gasteiger partial charge in [-0.3, -0.25) is 9.59 Å². The van der Waals surface area contributed by atoms with E-state index in [1.807, 2.05) is 24.3 Å². The summed E-state index contributed by atoms with van der Waals surface area (Å²) < 4.78 is 6.27. The summed E-state index contributed by atoms with van der Waals surface area (Å²) in [5, 5.41) is 12.4. The van der Waals surface area contributed by atoms with Crippen LogP contribution in [0.1, 0.15) is 30.7 Å². The van der Waals surface area contributed by atoms with Gasteiger partial charge in [0.25, 0.3) is 0 Å². The molecule has 1 saturated carbocycles. The highest BCUT2D eigenvalue weighted by Gasteiger charge is 2.46. The summed E-state index contributed by atoms with van der Waals surface area (Å²) in [6.07, 6.45) is 1.73. The van der Waals surface area contributed by atoms with E-state index < -0.39 is 11.4 Å². The fourth-order valence-corrected chi connectivity index (χ4v) is 3.44. The molecular formula is C17H20BrNO4. The molecule has 1 aromatic carbocycles. The summed E-state index contributed by atoms with van der Waals surface area (Å²) >= 11 is 3.40. The molecule has 0 radical (unpaired) electrons. The van der Waals surface area contributed by atoms with Gasteiger partial charge in [-0.15, -0.1) is 0 Å². The van der Waals surface area contributed by atoms with Crippen molar-refractivity contribution in [2.45, 2.75) is 25.2 Å². The lowest BCUT2D eigenvalue weighted by atomic mass is 9.80. The monoisotopic (exact) mass is 381 g/mol. The molecule has 1 heterocycles. The number of benzene rings is 1. The Balaban J connectivity index is 1.56. The Morgan fingerprint density at radius 1 is 1.26 bits per heavy atom. The Labute approximate surface area is 143 Å². The first-order chi connectivity index (χ1) is 11.0. The highest BCUT2D eigenvalue weighted by molar-refractivity contribution is 9.10. The van der Waals surface area contributed by atoms with E-state index in [0.717, 1.165) is 16.5 Å². The molecular weight excluding hydrogens is 362 g/mol. The number of carbonyl (C=O) groups excluding carboxylic acids is 1. The molecule has 1 amide bonds. The summed E-state index contributed by atoms with van der Waals surface area (Å²) in [5.41, 5.74) is 0.281. The highest BCUT2D eigenvalue weighted by atomic mass is 79.9. The van der Waals surface area contributed by atoms with Gasteiger partial charge in [-0.2, -0.15) is 0 Å². The predicted octanol–water partition coefficient (Wildman–Crippen LogP) is 2.55. The number of hydrogen-bond donors (Lipinski definition) is 2. The average molecular weight is 382 g/mol. The maximum Gasteiger partial charge on any atom is 0.311 e. The van der Waals surface area contributed by atoms with Crippen LogP contribution in [0.4, 0.5) is 0 Å². The van der Waals surface area contributed by atoms with E-state index in [2.05, 4.69) is 21.2 Å². The number of carboxylic acid groups (broad SMARTS) is 1. The van der Waals surface area contributed by atoms with Crippen LogP contribution >= 0.6 is 15.9 Å². The molecule has 2 atom stereocenters. The molecule has 3 rings (SSSR count). The number of halogens is 1. The molecule has 1 saturated heterocycles. The first-order valence-corrected chi connectivity index (χ1v) is 8.65. The van der Waals surface area contributed by atoms with Crippen molar-refractivity contribution in [3.8, 4) is 0 Å². The maximum absolute atomic E-state index is 12.3. The molecule has 0 spiro atoms. The van der Waals surface area contributed by atoms with Crippen molar-refractivity contribution in [2.75, 3.05) is 19.8 Å². The van der Waals surface area contributed by atoms with Crippen LogP contribution in [-0.4, -0.2) is 36.7 Å². The van der Waals surface area contributed by atoms with Crippen LogP contribution in [0.3, 0.4) is 0 Å². The summed E-state index contributed by atoms with van der Waals surface area (Å²) in [5.74, 6) is -0.674. The van der Waals surface area contributed by atoms with Gasteiger partial charge >= 0.3 is 5.97 Å². The normalized spacial score (nSPS) is 25.6. The summed E-state index contributed by atoms with van der Waals surface area (Å²) in [4.78, 5) is 23.9. The minimum atomic E-state index is -0.879. The number of carboxylic acids is 1. The van der Waals surface area contributed by atoms with Gasteiger partial charge in [0.05, 0.1) is 5.41 Å². The van der Waals surface area contributed by atoms with Crippen molar-refractivity contribution in [2.24, 2.45) is 11.3 Å². The first kappa shape index (κ1) is 16.5. The zero-order valence-corrected chi connectivity index (χ0v) is 14.3. The lowest BCUT2D eigenvalue weighted by Crippen LogP contribution is -2.46. The third-order valence-corrected chi connectivity index (χ3v) is 5.46. The fraction of sp³-hybridized carbons (Fsp3) is 0.529. The van der Waals surface area contributed by atoms with Crippen LogP contribution in [0.2, 0.25) is 0 Å². The van der Waals surface area contributed by atoms with Crippen molar-refractivity contribution in [3.05, 3.63) is 34.3 Å². The number of amides is 1. The van der Waals surface area contributed by atoms with Gasteiger partial charge in [0.15, 0.2) is 0 Å². The third kappa shape index (κ3) is 3.58. The van der Waals surface area contributed by atoms with Gasteiger partial charge in [0, 0.05) is 30.1 Å². The Hall–Kier alpha value is -1.40. The topological polar surface area (TPSA) is 75.6 Å². The third-order valence-electron chi connectivity index (χ3n) is 4.93. The lowest BCUT2D eigenvalue weighted by molar-refractivity contribution is -0.154. The summed E-state index contributed by atoms with van der Waals surface area (Å²) in [6.45, 7) is 1.06. The Morgan fingerprint density at radius 3 is 2.52 bits per heavy atom. The van der Waals surface area contributed by atoms with Crippen LogP contribution in [-0.2, 0) is 14.3 Å². The van der Waals surface area contributed by atoms with Gasteiger partial charge in [0.2, 0.25) is 5.91 Å². The maximum atomic E-state index is 12.3. The highest BCUT2D eigenvalue weighted by Crippen LogP contribution is 2.47. The molecule has 124 valence electrons. The van der Waals surface area contributed by atoms with Gasteiger partial charge in [-0.1, -0.05) is 28.1 Å². The number of rotatable bonds is 5. The standard InChI is InChI=1S/C17H20BrNO4/c18-12-3-1-11(2-4-12)13-9-14(13)15(20)19-10-17(16(21)22)5-7-23-8-6-17/h1-4,13-14H,5-10H2,(H,19,20)(H,21,22). The molecule has 2 unspecified atom stereocenters. The lowest BCUT2D eigenvalue weighted by Gasteiger charge is -2.33. The number of hydrogen-bond acceptors (Lipinski definition) is 3. The SMILES string of the molecule is O=C(NCC1(C(=O)O)CCOCC1)C1CC1c1ccc(Br)cc1. The van der Waals surface area contributed by atoms with Gasteiger partial charge in [-0.25, -0.2) is 0 Å². The predicted molar refractivity (Wildman–Crippen MR) is 88.1 cm³/mol. The first-order valence-electron chi connectivity index (χ1n) is 7.86. The number of aliphatic carboxylic acids is 1. The van der Waals surface area contributed by atoms with Crippen LogP contribution in [0.15, 0.2) is 28.7 Å². The molecule has 1 aromatic rings. The molecule has 6 heteroatoms. The molecule has 23 heavy (non-hydrogen) atoms. The van der Waals surface area contributed by atoms with E-state index in [0.29, 0.717) is 26.1 Å². The van der Waals surface area contributed by atoms with Crippen LogP contribution in [0.25, 0.3) is 0 Å². The van der Waals surface area contributed by atoms with E-state index in [1.54, 1.807) is 0 Å². The molecule has 1 aliphatic carbocycles. The zero-order valence-electron chi connectivity index (χ0n) is 12.8. The zero-order chi connectivity index (χ0) is 16.4. The van der Waals surface area contributed by atoms with Crippen LogP contribution in [0, 0.1) is 11.3 Å². The Kier molecular flexibility index (Phi) is 4.73. The Bertz CT molecular complexity index is 595. The second-order valence-corrected chi connectivity index (χ2v) is 7.33. The van der Waals surface area contributed by atoms with Crippen LogP contribution < -0.4 is 5.32 Å². The summed E-state index contributed by atoms with van der Waals surface area (Å²) in [7, 11) is 0. The Morgan fingerprint density at radius 2 is 1.91 bits per heavy atom. The molecule has 2 N–H and O–H groups in total. The quantitative estimate of drug-likeness (QED) is 0.821. The minimum Gasteiger partial charge on any atom is -0.481 e. The van der Waals surface area contributed by atoms with Crippen molar-refractivity contribution in [1.29, 1.82) is 0 Å². The molecule has 2 aliphatic rings. The number of carbonyl (C=O) groups is 2. The van der Waals surface area contributed by atoms with Crippen molar-refractivity contribution < 1.29 is 19.4 Å². The summed E-state index contributed by atoms with van der Waals surface area (Å²) in [6, 6.07) is 8.01.